The topological polar surface area (TPSA) is 71.2 Å². The fraction of sp³-hybridized carbons (Fsp3) is 0.364. The van der Waals surface area contributed by atoms with Crippen LogP contribution in [0.15, 0.2) is 24.7 Å². The maximum Gasteiger partial charge on any atom is 0.225 e. The maximum absolute atomic E-state index is 5.70. The van der Waals surface area contributed by atoms with Gasteiger partial charge in [0.2, 0.25) is 5.95 Å². The summed E-state index contributed by atoms with van der Waals surface area (Å²) in [7, 11) is 0. The molecule has 0 atom stereocenters. The monoisotopic (exact) mass is 262 g/mol. The van der Waals surface area contributed by atoms with Crippen LogP contribution in [0.4, 0.5) is 16.1 Å². The van der Waals surface area contributed by atoms with Gasteiger partial charge in [0.15, 0.2) is 5.13 Å². The molecule has 0 saturated carbocycles. The van der Waals surface area contributed by atoms with E-state index in [9.17, 15) is 0 Å². The van der Waals surface area contributed by atoms with Crippen LogP contribution in [0, 0.1) is 0 Å². The predicted octanol–water partition coefficient (Wildman–Crippen LogP) is 0.842. The lowest BCUT2D eigenvalue weighted by Gasteiger charge is -2.34. The van der Waals surface area contributed by atoms with Gasteiger partial charge >= 0.3 is 0 Å². The lowest BCUT2D eigenvalue weighted by atomic mass is 10.3. The second-order valence-electron chi connectivity index (χ2n) is 4.07. The van der Waals surface area contributed by atoms with Crippen LogP contribution in [-0.2, 0) is 0 Å². The highest BCUT2D eigenvalue weighted by atomic mass is 32.1. The van der Waals surface area contributed by atoms with Gasteiger partial charge < -0.3 is 15.5 Å². The lowest BCUT2D eigenvalue weighted by Crippen LogP contribution is -2.47. The minimum atomic E-state index is 0.763. The standard InChI is InChI=1S/C11H14N6S/c12-9-8-15-11(18-9)17-6-4-16(5-7-17)10-13-2-1-3-14-10/h1-3,8H,4-7,12H2. The summed E-state index contributed by atoms with van der Waals surface area (Å²) >= 11 is 1.53. The molecule has 2 aromatic heterocycles. The van der Waals surface area contributed by atoms with Crippen LogP contribution < -0.4 is 15.5 Å². The van der Waals surface area contributed by atoms with E-state index in [1.807, 2.05) is 6.07 Å². The summed E-state index contributed by atoms with van der Waals surface area (Å²) in [6.07, 6.45) is 5.26. The average molecular weight is 262 g/mol. The Labute approximate surface area is 109 Å². The van der Waals surface area contributed by atoms with Crippen LogP contribution in [0.2, 0.25) is 0 Å². The van der Waals surface area contributed by atoms with E-state index in [0.717, 1.165) is 42.3 Å². The zero-order valence-electron chi connectivity index (χ0n) is 9.86. The highest BCUT2D eigenvalue weighted by Crippen LogP contribution is 2.25. The molecule has 18 heavy (non-hydrogen) atoms. The number of anilines is 3. The van der Waals surface area contributed by atoms with Crippen molar-refractivity contribution in [1.82, 2.24) is 15.0 Å². The third-order valence-corrected chi connectivity index (χ3v) is 3.78. The summed E-state index contributed by atoms with van der Waals surface area (Å²) in [5, 5.41) is 1.76. The first-order chi connectivity index (χ1) is 8.83. The molecule has 0 aliphatic carbocycles. The van der Waals surface area contributed by atoms with Gasteiger partial charge in [0.05, 0.1) is 6.20 Å². The van der Waals surface area contributed by atoms with Crippen molar-refractivity contribution in [2.24, 2.45) is 0 Å². The summed E-state index contributed by atoms with van der Waals surface area (Å²) in [5.74, 6) is 0.802. The van der Waals surface area contributed by atoms with Gasteiger partial charge in [-0.25, -0.2) is 15.0 Å². The Morgan fingerprint density at radius 2 is 1.67 bits per heavy atom. The molecule has 94 valence electrons. The van der Waals surface area contributed by atoms with E-state index in [0.29, 0.717) is 0 Å². The molecule has 0 radical (unpaired) electrons. The summed E-state index contributed by atoms with van der Waals surface area (Å²) < 4.78 is 0. The van der Waals surface area contributed by atoms with E-state index < -0.39 is 0 Å². The van der Waals surface area contributed by atoms with Gasteiger partial charge in [-0.3, -0.25) is 0 Å². The molecular weight excluding hydrogens is 248 g/mol. The fourth-order valence-corrected chi connectivity index (χ4v) is 2.71. The Kier molecular flexibility index (Phi) is 2.97. The smallest absolute Gasteiger partial charge is 0.225 e. The Morgan fingerprint density at radius 1 is 1.00 bits per heavy atom. The molecule has 3 heterocycles. The van der Waals surface area contributed by atoms with Crippen molar-refractivity contribution in [3.63, 3.8) is 0 Å². The predicted molar refractivity (Wildman–Crippen MR) is 73.0 cm³/mol. The zero-order chi connectivity index (χ0) is 12.4. The zero-order valence-corrected chi connectivity index (χ0v) is 10.7. The third kappa shape index (κ3) is 2.21. The van der Waals surface area contributed by atoms with Crippen molar-refractivity contribution < 1.29 is 0 Å². The first-order valence-corrected chi connectivity index (χ1v) is 6.63. The highest BCUT2D eigenvalue weighted by Gasteiger charge is 2.20. The van der Waals surface area contributed by atoms with E-state index in [4.69, 9.17) is 5.73 Å². The molecule has 0 amide bonds. The molecule has 1 fully saturated rings. The molecule has 2 aromatic rings. The number of hydrogen-bond acceptors (Lipinski definition) is 7. The second kappa shape index (κ2) is 4.77. The minimum Gasteiger partial charge on any atom is -0.389 e. The number of rotatable bonds is 2. The normalized spacial score (nSPS) is 16.0. The van der Waals surface area contributed by atoms with Crippen LogP contribution in [0.5, 0.6) is 0 Å². The molecule has 3 rings (SSSR count). The number of hydrogen-bond donors (Lipinski definition) is 1. The van der Waals surface area contributed by atoms with Gasteiger partial charge in [0, 0.05) is 38.6 Å². The number of piperazine rings is 1. The third-order valence-electron chi connectivity index (χ3n) is 2.90. The summed E-state index contributed by atoms with van der Waals surface area (Å²) in [6, 6.07) is 1.83. The molecule has 7 heteroatoms. The molecule has 1 saturated heterocycles. The SMILES string of the molecule is Nc1cnc(N2CCN(c3ncccn3)CC2)s1. The molecule has 1 aliphatic rings. The summed E-state index contributed by atoms with van der Waals surface area (Å²) in [4.78, 5) is 17.3. The lowest BCUT2D eigenvalue weighted by molar-refractivity contribution is 0.639. The second-order valence-corrected chi connectivity index (χ2v) is 5.11. The van der Waals surface area contributed by atoms with Crippen molar-refractivity contribution in [3.8, 4) is 0 Å². The number of nitrogens with two attached hydrogens (primary N) is 1. The highest BCUT2D eigenvalue weighted by molar-refractivity contribution is 7.19. The number of thiazole rings is 1. The summed E-state index contributed by atoms with van der Waals surface area (Å²) in [5.41, 5.74) is 5.70. The maximum atomic E-state index is 5.70. The minimum absolute atomic E-state index is 0.763. The van der Waals surface area contributed by atoms with Gasteiger partial charge in [0.25, 0.3) is 0 Å². The quantitative estimate of drug-likeness (QED) is 0.865. The molecule has 6 nitrogen and oxygen atoms in total. The van der Waals surface area contributed by atoms with Crippen molar-refractivity contribution in [3.05, 3.63) is 24.7 Å². The van der Waals surface area contributed by atoms with Gasteiger partial charge in [-0.1, -0.05) is 11.3 Å². The van der Waals surface area contributed by atoms with E-state index in [1.54, 1.807) is 18.6 Å². The van der Waals surface area contributed by atoms with Crippen molar-refractivity contribution >= 4 is 27.4 Å². The number of nitrogens with zero attached hydrogens (tertiary/aromatic N) is 5. The van der Waals surface area contributed by atoms with Gasteiger partial charge in [0.1, 0.15) is 5.00 Å². The Morgan fingerprint density at radius 3 is 2.28 bits per heavy atom. The van der Waals surface area contributed by atoms with Crippen LogP contribution in [-0.4, -0.2) is 41.1 Å². The van der Waals surface area contributed by atoms with E-state index in [1.165, 1.54) is 11.3 Å². The molecular formula is C11H14N6S. The Balaban J connectivity index is 1.65. The van der Waals surface area contributed by atoms with Crippen molar-refractivity contribution in [1.29, 1.82) is 0 Å². The number of nitrogen functional groups attached to an aromatic ring is 1. The molecule has 0 unspecified atom stereocenters. The average Bonchev–Trinajstić information content (AvgIpc) is 2.87. The van der Waals surface area contributed by atoms with Gasteiger partial charge in [-0.15, -0.1) is 0 Å². The van der Waals surface area contributed by atoms with E-state index in [-0.39, 0.29) is 0 Å². The van der Waals surface area contributed by atoms with Crippen LogP contribution in [0.3, 0.4) is 0 Å². The van der Waals surface area contributed by atoms with Gasteiger partial charge in [-0.05, 0) is 6.07 Å². The van der Waals surface area contributed by atoms with Crippen LogP contribution in [0.25, 0.3) is 0 Å². The summed E-state index contributed by atoms with van der Waals surface area (Å²) in [6.45, 7) is 3.66. The molecule has 2 N–H and O–H groups in total. The fourth-order valence-electron chi connectivity index (χ4n) is 1.98. The Bertz CT molecular complexity index is 505. The van der Waals surface area contributed by atoms with E-state index >= 15 is 0 Å². The van der Waals surface area contributed by atoms with Crippen molar-refractivity contribution in [2.45, 2.75) is 0 Å². The molecule has 1 aliphatic heterocycles. The molecule has 0 bridgehead atoms. The molecule has 0 spiro atoms. The Hall–Kier alpha value is -1.89. The first-order valence-electron chi connectivity index (χ1n) is 5.81. The van der Waals surface area contributed by atoms with Gasteiger partial charge in [-0.2, -0.15) is 0 Å². The number of aromatic nitrogens is 3. The largest absolute Gasteiger partial charge is 0.389 e. The first kappa shape index (κ1) is 11.2. The van der Waals surface area contributed by atoms with Crippen molar-refractivity contribution in [2.75, 3.05) is 41.7 Å². The molecule has 0 aromatic carbocycles. The van der Waals surface area contributed by atoms with Crippen LogP contribution in [0.1, 0.15) is 0 Å². The van der Waals surface area contributed by atoms with E-state index in [2.05, 4.69) is 24.8 Å². The van der Waals surface area contributed by atoms with Crippen LogP contribution >= 0.6 is 11.3 Å².